The molecule has 0 saturated carbocycles. The fourth-order valence-corrected chi connectivity index (χ4v) is 2.45. The summed E-state index contributed by atoms with van der Waals surface area (Å²) in [4.78, 5) is 16.0. The number of carbonyl (C=O) groups excluding carboxylic acids is 1. The van der Waals surface area contributed by atoms with E-state index < -0.39 is 0 Å². The molecule has 1 unspecified atom stereocenters. The summed E-state index contributed by atoms with van der Waals surface area (Å²) in [5, 5.41) is 2.96. The van der Waals surface area contributed by atoms with Crippen molar-refractivity contribution >= 4 is 5.91 Å². The van der Waals surface area contributed by atoms with Crippen LogP contribution in [0.25, 0.3) is 0 Å². The summed E-state index contributed by atoms with van der Waals surface area (Å²) < 4.78 is 1.98. The number of aromatic nitrogens is 2. The van der Waals surface area contributed by atoms with E-state index in [1.807, 2.05) is 17.8 Å². The number of imidazole rings is 1. The topological polar surface area (TPSA) is 72.9 Å². The number of nitrogens with zero attached hydrogens (tertiary/aromatic N) is 2. The molecule has 1 aromatic heterocycles. The van der Waals surface area contributed by atoms with Crippen molar-refractivity contribution in [3.63, 3.8) is 0 Å². The van der Waals surface area contributed by atoms with Crippen molar-refractivity contribution in [1.29, 1.82) is 0 Å². The van der Waals surface area contributed by atoms with Crippen LogP contribution in [-0.4, -0.2) is 28.5 Å². The minimum atomic E-state index is 0.136. The van der Waals surface area contributed by atoms with Crippen LogP contribution in [0.1, 0.15) is 44.9 Å². The van der Waals surface area contributed by atoms with Gasteiger partial charge < -0.3 is 15.6 Å². The molecule has 0 aliphatic rings. The molecule has 0 bridgehead atoms. The summed E-state index contributed by atoms with van der Waals surface area (Å²) in [5.41, 5.74) is 5.60. The number of hydrogen-bond donors (Lipinski definition) is 2. The Hall–Kier alpha value is -1.36. The van der Waals surface area contributed by atoms with E-state index in [0.717, 1.165) is 37.9 Å². The first-order valence-electron chi connectivity index (χ1n) is 7.60. The average molecular weight is 280 g/mol. The van der Waals surface area contributed by atoms with E-state index in [0.29, 0.717) is 25.4 Å². The molecule has 0 aliphatic heterocycles. The summed E-state index contributed by atoms with van der Waals surface area (Å²) in [6, 6.07) is 0. The molecule has 3 N–H and O–H groups in total. The minimum absolute atomic E-state index is 0.136. The highest BCUT2D eigenvalue weighted by atomic mass is 16.1. The van der Waals surface area contributed by atoms with Crippen LogP contribution >= 0.6 is 0 Å². The van der Waals surface area contributed by atoms with Gasteiger partial charge in [-0.25, -0.2) is 4.98 Å². The van der Waals surface area contributed by atoms with Gasteiger partial charge in [0, 0.05) is 38.8 Å². The Morgan fingerprint density at radius 3 is 2.85 bits per heavy atom. The molecule has 0 spiro atoms. The van der Waals surface area contributed by atoms with Crippen LogP contribution in [0.3, 0.4) is 0 Å². The van der Waals surface area contributed by atoms with Gasteiger partial charge in [-0.3, -0.25) is 4.79 Å². The molecule has 0 saturated heterocycles. The van der Waals surface area contributed by atoms with E-state index in [1.54, 1.807) is 6.20 Å². The smallest absolute Gasteiger partial charge is 0.220 e. The van der Waals surface area contributed by atoms with Crippen molar-refractivity contribution in [2.24, 2.45) is 18.7 Å². The number of rotatable bonds is 10. The van der Waals surface area contributed by atoms with Crippen LogP contribution in [0.5, 0.6) is 0 Å². The molecule has 20 heavy (non-hydrogen) atoms. The zero-order valence-corrected chi connectivity index (χ0v) is 12.8. The quantitative estimate of drug-likeness (QED) is 0.684. The standard InChI is InChI=1S/C15H28N4O/c1-3-4-13(7-9-16)5-6-15(20)18-10-8-14-17-11-12-19(14)2/h11-13H,3-10,16H2,1-2H3,(H,18,20). The Kier molecular flexibility index (Phi) is 7.95. The van der Waals surface area contributed by atoms with Gasteiger partial charge in [0.05, 0.1) is 0 Å². The number of amides is 1. The minimum Gasteiger partial charge on any atom is -0.356 e. The Bertz CT molecular complexity index is 383. The Labute approximate surface area is 122 Å². The van der Waals surface area contributed by atoms with Crippen LogP contribution in [0.2, 0.25) is 0 Å². The summed E-state index contributed by atoms with van der Waals surface area (Å²) in [6.07, 6.45) is 9.36. The van der Waals surface area contributed by atoms with Crippen LogP contribution in [0.15, 0.2) is 12.4 Å². The number of carbonyl (C=O) groups is 1. The third-order valence-corrected chi connectivity index (χ3v) is 3.64. The molecule has 0 aromatic carbocycles. The maximum Gasteiger partial charge on any atom is 0.220 e. The van der Waals surface area contributed by atoms with Crippen molar-refractivity contribution in [3.05, 3.63) is 18.2 Å². The van der Waals surface area contributed by atoms with E-state index in [2.05, 4.69) is 17.2 Å². The van der Waals surface area contributed by atoms with Crippen molar-refractivity contribution in [2.45, 2.75) is 45.4 Å². The number of hydrogen-bond acceptors (Lipinski definition) is 3. The number of nitrogens with one attached hydrogen (secondary N) is 1. The van der Waals surface area contributed by atoms with Gasteiger partial charge in [0.2, 0.25) is 5.91 Å². The molecule has 0 fully saturated rings. The maximum absolute atomic E-state index is 11.8. The molecule has 5 heteroatoms. The van der Waals surface area contributed by atoms with E-state index >= 15 is 0 Å². The van der Waals surface area contributed by atoms with Gasteiger partial charge in [0.1, 0.15) is 5.82 Å². The third kappa shape index (κ3) is 6.19. The highest BCUT2D eigenvalue weighted by molar-refractivity contribution is 5.75. The van der Waals surface area contributed by atoms with E-state index in [4.69, 9.17) is 5.73 Å². The summed E-state index contributed by atoms with van der Waals surface area (Å²) >= 11 is 0. The number of nitrogens with two attached hydrogens (primary N) is 1. The average Bonchev–Trinajstić information content (AvgIpc) is 2.82. The first-order chi connectivity index (χ1) is 9.67. The fourth-order valence-electron chi connectivity index (χ4n) is 2.45. The lowest BCUT2D eigenvalue weighted by molar-refractivity contribution is -0.121. The summed E-state index contributed by atoms with van der Waals surface area (Å²) in [6.45, 7) is 3.54. The highest BCUT2D eigenvalue weighted by Gasteiger charge is 2.10. The van der Waals surface area contributed by atoms with Gasteiger partial charge in [-0.15, -0.1) is 0 Å². The van der Waals surface area contributed by atoms with E-state index in [-0.39, 0.29) is 5.91 Å². The monoisotopic (exact) mass is 280 g/mol. The van der Waals surface area contributed by atoms with Crippen LogP contribution in [-0.2, 0) is 18.3 Å². The molecule has 1 aromatic rings. The van der Waals surface area contributed by atoms with Crippen molar-refractivity contribution < 1.29 is 4.79 Å². The molecule has 0 aliphatic carbocycles. The SMILES string of the molecule is CCCC(CCN)CCC(=O)NCCc1nccn1C. The van der Waals surface area contributed by atoms with Gasteiger partial charge >= 0.3 is 0 Å². The molecule has 1 amide bonds. The van der Waals surface area contributed by atoms with E-state index in [1.165, 1.54) is 0 Å². The third-order valence-electron chi connectivity index (χ3n) is 3.64. The van der Waals surface area contributed by atoms with Gasteiger partial charge in [0.15, 0.2) is 0 Å². The van der Waals surface area contributed by atoms with E-state index in [9.17, 15) is 4.79 Å². The number of aryl methyl sites for hydroxylation is 1. The highest BCUT2D eigenvalue weighted by Crippen LogP contribution is 2.16. The predicted octanol–water partition coefficient (Wildman–Crippen LogP) is 1.62. The Morgan fingerprint density at radius 1 is 1.45 bits per heavy atom. The van der Waals surface area contributed by atoms with Gasteiger partial charge in [-0.1, -0.05) is 19.8 Å². The summed E-state index contributed by atoms with van der Waals surface area (Å²) in [5.74, 6) is 1.72. The second kappa shape index (κ2) is 9.53. The maximum atomic E-state index is 11.8. The summed E-state index contributed by atoms with van der Waals surface area (Å²) in [7, 11) is 1.96. The van der Waals surface area contributed by atoms with Crippen LogP contribution < -0.4 is 11.1 Å². The Balaban J connectivity index is 2.17. The normalized spacial score (nSPS) is 12.3. The molecule has 1 heterocycles. The Morgan fingerprint density at radius 2 is 2.25 bits per heavy atom. The molecular weight excluding hydrogens is 252 g/mol. The molecule has 0 radical (unpaired) electrons. The van der Waals surface area contributed by atoms with Crippen LogP contribution in [0, 0.1) is 5.92 Å². The molecule has 5 nitrogen and oxygen atoms in total. The lowest BCUT2D eigenvalue weighted by atomic mass is 9.94. The van der Waals surface area contributed by atoms with Gasteiger partial charge in [0.25, 0.3) is 0 Å². The zero-order valence-electron chi connectivity index (χ0n) is 12.8. The van der Waals surface area contributed by atoms with Gasteiger partial charge in [-0.2, -0.15) is 0 Å². The molecule has 1 atom stereocenters. The fraction of sp³-hybridized carbons (Fsp3) is 0.733. The lowest BCUT2D eigenvalue weighted by Crippen LogP contribution is -2.26. The van der Waals surface area contributed by atoms with Gasteiger partial charge in [-0.05, 0) is 25.3 Å². The van der Waals surface area contributed by atoms with Crippen molar-refractivity contribution in [1.82, 2.24) is 14.9 Å². The zero-order chi connectivity index (χ0) is 14.8. The van der Waals surface area contributed by atoms with Crippen molar-refractivity contribution in [2.75, 3.05) is 13.1 Å². The molecular formula is C15H28N4O. The molecule has 114 valence electrons. The first-order valence-corrected chi connectivity index (χ1v) is 7.60. The lowest BCUT2D eigenvalue weighted by Gasteiger charge is -2.14. The largest absolute Gasteiger partial charge is 0.356 e. The second-order valence-corrected chi connectivity index (χ2v) is 5.33. The first kappa shape index (κ1) is 16.7. The molecule has 1 rings (SSSR count). The van der Waals surface area contributed by atoms with Crippen LogP contribution in [0.4, 0.5) is 0 Å². The predicted molar refractivity (Wildman–Crippen MR) is 81.2 cm³/mol. The van der Waals surface area contributed by atoms with Crippen molar-refractivity contribution in [3.8, 4) is 0 Å². The second-order valence-electron chi connectivity index (χ2n) is 5.33.